The van der Waals surface area contributed by atoms with Crippen LogP contribution in [0.4, 0.5) is 11.4 Å². The summed E-state index contributed by atoms with van der Waals surface area (Å²) in [6, 6.07) is 10.8. The number of carbonyl (C=O) groups excluding carboxylic acids is 1. The molecule has 0 bridgehead atoms. The van der Waals surface area contributed by atoms with Crippen molar-refractivity contribution in [3.8, 4) is 6.07 Å². The third-order valence-corrected chi connectivity index (χ3v) is 2.76. The number of hydrogen-bond donors (Lipinski definition) is 1. The molecule has 0 radical (unpaired) electrons. The first-order valence-electron chi connectivity index (χ1n) is 6.24. The lowest BCUT2D eigenvalue weighted by molar-refractivity contribution is -0.383. The molecule has 1 N–H and O–H groups in total. The Morgan fingerprint density at radius 2 is 2.09 bits per heavy atom. The van der Waals surface area contributed by atoms with Gasteiger partial charge in [0.25, 0.3) is 11.6 Å². The van der Waals surface area contributed by atoms with Gasteiger partial charge in [-0.2, -0.15) is 5.26 Å². The predicted molar refractivity (Wildman–Crippen MR) is 78.8 cm³/mol. The highest BCUT2D eigenvalue weighted by atomic mass is 16.6. The van der Waals surface area contributed by atoms with E-state index < -0.39 is 10.8 Å². The van der Waals surface area contributed by atoms with E-state index in [0.717, 1.165) is 0 Å². The van der Waals surface area contributed by atoms with E-state index in [9.17, 15) is 14.9 Å². The summed E-state index contributed by atoms with van der Waals surface area (Å²) in [5.74, 6) is 0.250. The minimum Gasteiger partial charge on any atom is -0.462 e. The highest BCUT2D eigenvalue weighted by Crippen LogP contribution is 2.24. The van der Waals surface area contributed by atoms with Crippen molar-refractivity contribution in [2.24, 2.45) is 0 Å². The minimum atomic E-state index is -0.745. The van der Waals surface area contributed by atoms with Crippen molar-refractivity contribution >= 4 is 23.4 Å². The van der Waals surface area contributed by atoms with Gasteiger partial charge in [-0.15, -0.1) is 0 Å². The Labute approximate surface area is 125 Å². The highest BCUT2D eigenvalue weighted by molar-refractivity contribution is 6.10. The molecule has 7 nitrogen and oxygen atoms in total. The Morgan fingerprint density at radius 1 is 1.36 bits per heavy atom. The summed E-state index contributed by atoms with van der Waals surface area (Å²) in [5, 5.41) is 22.3. The average Bonchev–Trinajstić information content (AvgIpc) is 2.90. The van der Waals surface area contributed by atoms with Crippen molar-refractivity contribution in [3.05, 3.63) is 63.6 Å². The molecule has 1 aromatic heterocycles. The minimum absolute atomic E-state index is 0.0225. The summed E-state index contributed by atoms with van der Waals surface area (Å²) >= 11 is 0. The molecule has 2 rings (SSSR count). The number of benzene rings is 1. The summed E-state index contributed by atoms with van der Waals surface area (Å²) in [4.78, 5) is 22.3. The number of nitro benzene ring substituents is 1. The summed E-state index contributed by atoms with van der Waals surface area (Å²) in [5.41, 5.74) is -0.441. The lowest BCUT2D eigenvalue weighted by atomic mass is 10.2. The molecule has 1 heterocycles. The molecule has 1 aromatic carbocycles. The Balaban J connectivity index is 2.26. The van der Waals surface area contributed by atoms with Gasteiger partial charge in [0.2, 0.25) is 0 Å². The van der Waals surface area contributed by atoms with Gasteiger partial charge in [0.05, 0.1) is 4.92 Å². The topological polar surface area (TPSA) is 109 Å². The zero-order chi connectivity index (χ0) is 16.1. The smallest absolute Gasteiger partial charge is 0.292 e. The number of nitrogens with one attached hydrogen (secondary N) is 1. The monoisotopic (exact) mass is 297 g/mol. The highest BCUT2D eigenvalue weighted by Gasteiger charge is 2.17. The molecule has 1 amide bonds. The fraction of sp³-hybridized carbons (Fsp3) is 0.0667. The molecule has 110 valence electrons. The molecule has 0 saturated heterocycles. The van der Waals surface area contributed by atoms with Crippen LogP contribution < -0.4 is 5.32 Å². The fourth-order valence-corrected chi connectivity index (χ4v) is 1.75. The molecule has 0 unspecified atom stereocenters. The Hall–Kier alpha value is -3.40. The normalized spacial score (nSPS) is 10.8. The number of furan rings is 1. The number of carbonyl (C=O) groups is 1. The standard InChI is InChI=1S/C15H11N3O4/c1-10-6-7-12(22-10)8-11(9-16)15(19)17-13-4-2-3-5-14(13)18(20)21/h2-8H,1H3,(H,17,19). The van der Waals surface area contributed by atoms with Gasteiger partial charge in [-0.3, -0.25) is 14.9 Å². The van der Waals surface area contributed by atoms with Gasteiger partial charge < -0.3 is 9.73 Å². The molecule has 0 saturated carbocycles. The van der Waals surface area contributed by atoms with Crippen LogP contribution in [0.15, 0.2) is 46.4 Å². The maximum Gasteiger partial charge on any atom is 0.292 e. The van der Waals surface area contributed by atoms with Crippen molar-refractivity contribution in [1.29, 1.82) is 5.26 Å². The van der Waals surface area contributed by atoms with E-state index in [1.807, 2.05) is 0 Å². The number of nitro groups is 1. The quantitative estimate of drug-likeness (QED) is 0.403. The molecule has 7 heteroatoms. The number of rotatable bonds is 4. The molecule has 0 aliphatic heterocycles. The molecule has 0 fully saturated rings. The SMILES string of the molecule is Cc1ccc(C=C(C#N)C(=O)Nc2ccccc2[N+](=O)[O-])o1. The van der Waals surface area contributed by atoms with Crippen molar-refractivity contribution in [1.82, 2.24) is 0 Å². The molecular formula is C15H11N3O4. The van der Waals surface area contributed by atoms with Crippen LogP contribution in [0.5, 0.6) is 0 Å². The maximum absolute atomic E-state index is 12.1. The lowest BCUT2D eigenvalue weighted by Gasteiger charge is -2.04. The second kappa shape index (κ2) is 6.37. The second-order valence-corrected chi connectivity index (χ2v) is 4.35. The number of nitriles is 1. The van der Waals surface area contributed by atoms with Crippen molar-refractivity contribution < 1.29 is 14.1 Å². The molecule has 0 atom stereocenters. The van der Waals surface area contributed by atoms with E-state index in [1.165, 1.54) is 24.3 Å². The number of anilines is 1. The van der Waals surface area contributed by atoms with E-state index in [4.69, 9.17) is 9.68 Å². The van der Waals surface area contributed by atoms with Crippen LogP contribution >= 0.6 is 0 Å². The fourth-order valence-electron chi connectivity index (χ4n) is 1.75. The molecule has 0 spiro atoms. The van der Waals surface area contributed by atoms with Gasteiger partial charge >= 0.3 is 0 Å². The summed E-state index contributed by atoms with van der Waals surface area (Å²) < 4.78 is 5.26. The number of amides is 1. The molecule has 22 heavy (non-hydrogen) atoms. The van der Waals surface area contributed by atoms with E-state index >= 15 is 0 Å². The zero-order valence-corrected chi connectivity index (χ0v) is 11.6. The van der Waals surface area contributed by atoms with Crippen LogP contribution in [-0.2, 0) is 4.79 Å². The van der Waals surface area contributed by atoms with Crippen molar-refractivity contribution in [3.63, 3.8) is 0 Å². The molecule has 2 aromatic rings. The van der Waals surface area contributed by atoms with E-state index in [2.05, 4.69) is 5.32 Å². The van der Waals surface area contributed by atoms with E-state index in [1.54, 1.807) is 31.2 Å². The summed E-state index contributed by atoms with van der Waals surface area (Å²) in [6.45, 7) is 1.73. The van der Waals surface area contributed by atoms with E-state index in [-0.39, 0.29) is 16.9 Å². The van der Waals surface area contributed by atoms with Gasteiger partial charge in [-0.05, 0) is 25.1 Å². The Bertz CT molecular complexity index is 799. The number of hydrogen-bond acceptors (Lipinski definition) is 5. The lowest BCUT2D eigenvalue weighted by Crippen LogP contribution is -2.14. The second-order valence-electron chi connectivity index (χ2n) is 4.35. The first kappa shape index (κ1) is 15.0. The maximum atomic E-state index is 12.1. The third kappa shape index (κ3) is 3.37. The van der Waals surface area contributed by atoms with Crippen LogP contribution in [0.1, 0.15) is 11.5 Å². The van der Waals surface area contributed by atoms with Crippen LogP contribution in [0.3, 0.4) is 0 Å². The third-order valence-electron chi connectivity index (χ3n) is 2.76. The van der Waals surface area contributed by atoms with Crippen LogP contribution in [0.25, 0.3) is 6.08 Å². The number of nitrogens with zero attached hydrogens (tertiary/aromatic N) is 2. The summed E-state index contributed by atoms with van der Waals surface area (Å²) in [7, 11) is 0. The summed E-state index contributed by atoms with van der Waals surface area (Å²) in [6.07, 6.45) is 1.27. The van der Waals surface area contributed by atoms with Crippen molar-refractivity contribution in [2.45, 2.75) is 6.92 Å². The van der Waals surface area contributed by atoms with Crippen LogP contribution in [0.2, 0.25) is 0 Å². The predicted octanol–water partition coefficient (Wildman–Crippen LogP) is 3.04. The molecule has 0 aliphatic carbocycles. The van der Waals surface area contributed by atoms with Gasteiger partial charge in [0, 0.05) is 12.1 Å². The van der Waals surface area contributed by atoms with E-state index in [0.29, 0.717) is 11.5 Å². The van der Waals surface area contributed by atoms with Gasteiger partial charge in [0.1, 0.15) is 28.9 Å². The van der Waals surface area contributed by atoms with Crippen molar-refractivity contribution in [2.75, 3.05) is 5.32 Å². The van der Waals surface area contributed by atoms with Gasteiger partial charge in [-0.25, -0.2) is 0 Å². The van der Waals surface area contributed by atoms with Crippen LogP contribution in [0, 0.1) is 28.4 Å². The zero-order valence-electron chi connectivity index (χ0n) is 11.6. The van der Waals surface area contributed by atoms with Gasteiger partial charge in [0.15, 0.2) is 0 Å². The Kier molecular flexibility index (Phi) is 4.34. The average molecular weight is 297 g/mol. The first-order valence-corrected chi connectivity index (χ1v) is 6.24. The number of para-hydroxylation sites is 2. The largest absolute Gasteiger partial charge is 0.462 e. The number of aryl methyl sites for hydroxylation is 1. The molecular weight excluding hydrogens is 286 g/mol. The Morgan fingerprint density at radius 3 is 2.68 bits per heavy atom. The first-order chi connectivity index (χ1) is 10.5. The molecule has 0 aliphatic rings. The van der Waals surface area contributed by atoms with Gasteiger partial charge in [-0.1, -0.05) is 12.1 Å². The van der Waals surface area contributed by atoms with Crippen LogP contribution in [-0.4, -0.2) is 10.8 Å².